The predicted molar refractivity (Wildman–Crippen MR) is 108 cm³/mol. The largest absolute Gasteiger partial charge is 0.483 e. The lowest BCUT2D eigenvalue weighted by molar-refractivity contribution is -0.124. The van der Waals surface area contributed by atoms with Crippen molar-refractivity contribution in [2.24, 2.45) is 0 Å². The lowest BCUT2D eigenvalue weighted by Crippen LogP contribution is -2.57. The van der Waals surface area contributed by atoms with E-state index in [2.05, 4.69) is 22.5 Å². The van der Waals surface area contributed by atoms with Gasteiger partial charge in [0.15, 0.2) is 6.61 Å². The normalized spacial score (nSPS) is 23.9. The number of likely N-dealkylation sites (tertiary alicyclic amines) is 1. The number of thiazole rings is 1. The van der Waals surface area contributed by atoms with Crippen LogP contribution in [0.2, 0.25) is 0 Å². The highest BCUT2D eigenvalue weighted by Crippen LogP contribution is 2.25. The third-order valence-corrected chi connectivity index (χ3v) is 6.00. The van der Waals surface area contributed by atoms with E-state index in [9.17, 15) is 9.59 Å². The first-order chi connectivity index (χ1) is 13.7. The van der Waals surface area contributed by atoms with E-state index in [0.29, 0.717) is 17.8 Å². The van der Waals surface area contributed by atoms with Gasteiger partial charge in [-0.25, -0.2) is 0 Å². The number of carbonyl (C=O) groups is 2. The molecule has 28 heavy (non-hydrogen) atoms. The van der Waals surface area contributed by atoms with Crippen molar-refractivity contribution in [3.05, 3.63) is 58.6 Å². The number of fused-ring (bicyclic) bond motifs is 2. The highest BCUT2D eigenvalue weighted by Gasteiger charge is 2.35. The quantitative estimate of drug-likeness (QED) is 0.751. The highest BCUT2D eigenvalue weighted by molar-refractivity contribution is 7.11. The zero-order chi connectivity index (χ0) is 19.3. The first-order valence-electron chi connectivity index (χ1n) is 9.57. The van der Waals surface area contributed by atoms with Crippen LogP contribution in [0.5, 0.6) is 5.75 Å². The fraction of sp³-hybridized carbons (Fsp3) is 0.381. The number of ether oxygens (including phenoxy) is 1. The minimum Gasteiger partial charge on any atom is -0.483 e. The Hall–Kier alpha value is -2.67. The van der Waals surface area contributed by atoms with Crippen LogP contribution in [0, 0.1) is 0 Å². The van der Waals surface area contributed by atoms with Gasteiger partial charge in [-0.2, -0.15) is 0 Å². The highest BCUT2D eigenvalue weighted by atomic mass is 32.1. The molecule has 2 aromatic rings. The summed E-state index contributed by atoms with van der Waals surface area (Å²) >= 11 is 1.35. The van der Waals surface area contributed by atoms with Gasteiger partial charge in [-0.1, -0.05) is 30.4 Å². The van der Waals surface area contributed by atoms with Gasteiger partial charge in [-0.15, -0.1) is 11.3 Å². The van der Waals surface area contributed by atoms with Crippen molar-refractivity contribution in [1.29, 1.82) is 0 Å². The molecule has 0 bridgehead atoms. The van der Waals surface area contributed by atoms with Gasteiger partial charge in [0.1, 0.15) is 10.6 Å². The second kappa shape index (κ2) is 8.56. The molecule has 3 heterocycles. The Labute approximate surface area is 168 Å². The first kappa shape index (κ1) is 18.7. The summed E-state index contributed by atoms with van der Waals surface area (Å²) < 4.78 is 5.75. The summed E-state index contributed by atoms with van der Waals surface area (Å²) in [4.78, 5) is 32.0. The molecule has 0 saturated carbocycles. The minimum absolute atomic E-state index is 0.00598. The molecule has 1 aromatic heterocycles. The standard InChI is InChI=1S/C21H23N3O3S/c25-20-13-27-18-10-4-2-7-15(18)6-1-3-9-17-16(23-20)8-5-11-24(17)21(26)19-12-22-14-28-19/h1-4,7,10,12,14,16-17H,5-6,8-9,11,13H2,(H,23,25)/b3-1+/t16-,17-/m1/s1. The van der Waals surface area contributed by atoms with Crippen LogP contribution in [0.4, 0.5) is 0 Å². The Morgan fingerprint density at radius 2 is 2.18 bits per heavy atom. The molecule has 2 aliphatic rings. The Bertz CT molecular complexity index is 866. The molecule has 4 rings (SSSR count). The van der Waals surface area contributed by atoms with E-state index >= 15 is 0 Å². The van der Waals surface area contributed by atoms with Crippen LogP contribution in [0.25, 0.3) is 0 Å². The van der Waals surface area contributed by atoms with Gasteiger partial charge in [0.05, 0.1) is 17.7 Å². The Morgan fingerprint density at radius 1 is 1.29 bits per heavy atom. The topological polar surface area (TPSA) is 71.5 Å². The Morgan fingerprint density at radius 3 is 3.04 bits per heavy atom. The number of carbonyl (C=O) groups excluding carboxylic acids is 2. The van der Waals surface area contributed by atoms with Crippen molar-refractivity contribution < 1.29 is 14.3 Å². The molecule has 0 unspecified atom stereocenters. The maximum Gasteiger partial charge on any atom is 0.265 e. The molecule has 2 atom stereocenters. The van der Waals surface area contributed by atoms with Crippen LogP contribution < -0.4 is 10.1 Å². The van der Waals surface area contributed by atoms with E-state index in [0.717, 1.165) is 30.6 Å². The van der Waals surface area contributed by atoms with E-state index in [1.54, 1.807) is 11.7 Å². The maximum atomic E-state index is 13.0. The number of hydrogen-bond donors (Lipinski definition) is 1. The number of rotatable bonds is 1. The van der Waals surface area contributed by atoms with E-state index in [-0.39, 0.29) is 30.5 Å². The zero-order valence-corrected chi connectivity index (χ0v) is 16.4. The van der Waals surface area contributed by atoms with Crippen LogP contribution >= 0.6 is 11.3 Å². The third-order valence-electron chi connectivity index (χ3n) is 5.24. The Kier molecular flexibility index (Phi) is 5.71. The molecule has 2 aliphatic heterocycles. The summed E-state index contributed by atoms with van der Waals surface area (Å²) in [5, 5.41) is 3.09. The van der Waals surface area contributed by atoms with Crippen molar-refractivity contribution >= 4 is 23.2 Å². The van der Waals surface area contributed by atoms with E-state index < -0.39 is 0 Å². The maximum absolute atomic E-state index is 13.0. The molecule has 6 nitrogen and oxygen atoms in total. The summed E-state index contributed by atoms with van der Waals surface area (Å²) in [6.45, 7) is 0.674. The average molecular weight is 398 g/mol. The number of nitrogens with one attached hydrogen (secondary N) is 1. The molecule has 0 aliphatic carbocycles. The number of nitrogens with zero attached hydrogens (tertiary/aromatic N) is 2. The molecular weight excluding hydrogens is 374 g/mol. The SMILES string of the molecule is O=C1COc2ccccc2C/C=C/C[C@@H]2[C@@H](CCCN2C(=O)c2cncs2)N1. The Balaban J connectivity index is 1.58. The average Bonchev–Trinajstić information content (AvgIpc) is 3.24. The number of benzene rings is 1. The van der Waals surface area contributed by atoms with E-state index in [1.165, 1.54) is 11.3 Å². The van der Waals surface area contributed by atoms with Crippen molar-refractivity contribution in [1.82, 2.24) is 15.2 Å². The number of piperidine rings is 1. The lowest BCUT2D eigenvalue weighted by Gasteiger charge is -2.41. The molecule has 7 heteroatoms. The number of aromatic nitrogens is 1. The molecule has 146 valence electrons. The molecular formula is C21H23N3O3S. The van der Waals surface area contributed by atoms with Crippen LogP contribution in [-0.2, 0) is 11.2 Å². The van der Waals surface area contributed by atoms with Gasteiger partial charge in [0, 0.05) is 12.6 Å². The van der Waals surface area contributed by atoms with Crippen molar-refractivity contribution in [2.45, 2.75) is 37.8 Å². The molecule has 1 aromatic carbocycles. The monoisotopic (exact) mass is 397 g/mol. The fourth-order valence-corrected chi connectivity index (χ4v) is 4.46. The van der Waals surface area contributed by atoms with Gasteiger partial charge in [-0.3, -0.25) is 14.6 Å². The summed E-state index contributed by atoms with van der Waals surface area (Å²) in [5.41, 5.74) is 2.72. The summed E-state index contributed by atoms with van der Waals surface area (Å²) in [6.07, 6.45) is 9.00. The van der Waals surface area contributed by atoms with E-state index in [4.69, 9.17) is 4.74 Å². The first-order valence-corrected chi connectivity index (χ1v) is 10.4. The third kappa shape index (κ3) is 4.09. The van der Waals surface area contributed by atoms with Crippen LogP contribution in [0.15, 0.2) is 48.1 Å². The summed E-state index contributed by atoms with van der Waals surface area (Å²) in [7, 11) is 0. The van der Waals surface area contributed by atoms with Crippen LogP contribution in [0.1, 0.15) is 34.5 Å². The molecule has 1 fully saturated rings. The molecule has 1 N–H and O–H groups in total. The smallest absolute Gasteiger partial charge is 0.265 e. The van der Waals surface area contributed by atoms with Gasteiger partial charge in [0.25, 0.3) is 11.8 Å². The second-order valence-corrected chi connectivity index (χ2v) is 7.94. The number of para-hydroxylation sites is 1. The van der Waals surface area contributed by atoms with Crippen molar-refractivity contribution in [3.8, 4) is 5.75 Å². The number of allylic oxidation sites excluding steroid dienone is 1. The predicted octanol–water partition coefficient (Wildman–Crippen LogP) is 2.81. The van der Waals surface area contributed by atoms with Gasteiger partial charge < -0.3 is 15.0 Å². The number of hydrogen-bond acceptors (Lipinski definition) is 5. The lowest BCUT2D eigenvalue weighted by atomic mass is 9.92. The van der Waals surface area contributed by atoms with E-state index in [1.807, 2.05) is 29.2 Å². The fourth-order valence-electron chi connectivity index (χ4n) is 3.88. The number of amides is 2. The molecule has 2 amide bonds. The van der Waals surface area contributed by atoms with Crippen molar-refractivity contribution in [2.75, 3.05) is 13.2 Å². The summed E-state index contributed by atoms with van der Waals surface area (Å²) in [6, 6.07) is 7.62. The zero-order valence-electron chi connectivity index (χ0n) is 15.5. The second-order valence-electron chi connectivity index (χ2n) is 7.06. The molecule has 0 spiro atoms. The van der Waals surface area contributed by atoms with Gasteiger partial charge >= 0.3 is 0 Å². The van der Waals surface area contributed by atoms with Crippen LogP contribution in [-0.4, -0.2) is 46.9 Å². The van der Waals surface area contributed by atoms with Gasteiger partial charge in [0.2, 0.25) is 0 Å². The molecule has 0 radical (unpaired) electrons. The van der Waals surface area contributed by atoms with Crippen LogP contribution in [0.3, 0.4) is 0 Å². The van der Waals surface area contributed by atoms with Crippen molar-refractivity contribution in [3.63, 3.8) is 0 Å². The van der Waals surface area contributed by atoms with Gasteiger partial charge in [-0.05, 0) is 37.3 Å². The minimum atomic E-state index is -0.151. The summed E-state index contributed by atoms with van der Waals surface area (Å²) in [5.74, 6) is 0.583. The molecule has 1 saturated heterocycles.